The van der Waals surface area contributed by atoms with Crippen molar-refractivity contribution in [3.05, 3.63) is 28.9 Å². The maximum absolute atomic E-state index is 8.55. The number of nitrogens with zero attached hydrogens (tertiary/aromatic N) is 2. The normalized spacial score (nSPS) is 10.2. The third-order valence-electron chi connectivity index (χ3n) is 1.75. The second kappa shape index (κ2) is 3.33. The van der Waals surface area contributed by atoms with E-state index in [0.717, 1.165) is 15.8 Å². The fourth-order valence-electron chi connectivity index (χ4n) is 1.16. The van der Waals surface area contributed by atoms with Crippen LogP contribution < -0.4 is 0 Å². The van der Waals surface area contributed by atoms with Gasteiger partial charge in [-0.2, -0.15) is 9.64 Å². The van der Waals surface area contributed by atoms with Crippen LogP contribution in [-0.2, 0) is 6.42 Å². The molecular formula is C9H5ClN2S. The molecule has 2 rings (SSSR count). The van der Waals surface area contributed by atoms with Crippen molar-refractivity contribution in [2.75, 3.05) is 0 Å². The number of hydrogen-bond donors (Lipinski definition) is 0. The summed E-state index contributed by atoms with van der Waals surface area (Å²) in [7, 11) is 0. The summed E-state index contributed by atoms with van der Waals surface area (Å²) < 4.78 is 5.27. The van der Waals surface area contributed by atoms with E-state index in [-0.39, 0.29) is 0 Å². The second-order valence-corrected chi connectivity index (χ2v) is 3.85. The summed E-state index contributed by atoms with van der Waals surface area (Å²) >= 11 is 7.24. The molecule has 0 unspecified atom stereocenters. The summed E-state index contributed by atoms with van der Waals surface area (Å²) in [5.74, 6) is 0. The standard InChI is InChI=1S/C9H5ClN2S/c10-6-1-2-9-7(5-6)8(3-4-11)12-13-9/h1-2,5H,3H2. The molecule has 0 amide bonds. The first kappa shape index (κ1) is 8.49. The van der Waals surface area contributed by atoms with Crippen LogP contribution in [0.1, 0.15) is 5.69 Å². The molecule has 1 aromatic carbocycles. The fourth-order valence-corrected chi connectivity index (χ4v) is 2.11. The number of rotatable bonds is 1. The predicted molar refractivity (Wildman–Crippen MR) is 53.9 cm³/mol. The molecule has 13 heavy (non-hydrogen) atoms. The Hall–Kier alpha value is -1.11. The van der Waals surface area contributed by atoms with Crippen molar-refractivity contribution in [1.29, 1.82) is 5.26 Å². The van der Waals surface area contributed by atoms with Gasteiger partial charge in [-0.1, -0.05) is 11.6 Å². The topological polar surface area (TPSA) is 36.7 Å². The Morgan fingerprint density at radius 1 is 1.54 bits per heavy atom. The van der Waals surface area contributed by atoms with Crippen LogP contribution in [0.2, 0.25) is 5.02 Å². The van der Waals surface area contributed by atoms with Crippen LogP contribution in [0, 0.1) is 11.3 Å². The molecule has 64 valence electrons. The quantitative estimate of drug-likeness (QED) is 0.723. The van der Waals surface area contributed by atoms with Crippen molar-refractivity contribution in [2.24, 2.45) is 0 Å². The van der Waals surface area contributed by atoms with Gasteiger partial charge in [-0.05, 0) is 29.7 Å². The molecule has 0 spiro atoms. The van der Waals surface area contributed by atoms with Gasteiger partial charge in [0.2, 0.25) is 0 Å². The van der Waals surface area contributed by atoms with E-state index in [1.807, 2.05) is 18.2 Å². The van der Waals surface area contributed by atoms with E-state index in [2.05, 4.69) is 10.4 Å². The Bertz CT molecular complexity index is 484. The predicted octanol–water partition coefficient (Wildman–Crippen LogP) is 3.02. The zero-order valence-electron chi connectivity index (χ0n) is 6.62. The molecule has 0 bridgehead atoms. The molecule has 0 atom stereocenters. The lowest BCUT2D eigenvalue weighted by Gasteiger charge is -1.91. The van der Waals surface area contributed by atoms with E-state index in [0.29, 0.717) is 11.4 Å². The third-order valence-corrected chi connectivity index (χ3v) is 2.85. The van der Waals surface area contributed by atoms with Gasteiger partial charge < -0.3 is 0 Å². The van der Waals surface area contributed by atoms with E-state index < -0.39 is 0 Å². The molecule has 0 aliphatic heterocycles. The van der Waals surface area contributed by atoms with Crippen LogP contribution in [0.25, 0.3) is 10.1 Å². The number of fused-ring (bicyclic) bond motifs is 1. The van der Waals surface area contributed by atoms with Gasteiger partial charge in [-0.3, -0.25) is 0 Å². The minimum Gasteiger partial charge on any atom is -0.198 e. The van der Waals surface area contributed by atoms with Crippen LogP contribution in [-0.4, -0.2) is 4.37 Å². The average Bonchev–Trinajstić information content (AvgIpc) is 2.49. The van der Waals surface area contributed by atoms with E-state index in [1.54, 1.807) is 0 Å². The van der Waals surface area contributed by atoms with Crippen LogP contribution in [0.4, 0.5) is 0 Å². The molecule has 0 aliphatic carbocycles. The Morgan fingerprint density at radius 3 is 3.15 bits per heavy atom. The molecule has 0 N–H and O–H groups in total. The van der Waals surface area contributed by atoms with Gasteiger partial charge in [-0.25, -0.2) is 0 Å². The van der Waals surface area contributed by atoms with Crippen LogP contribution in [0.3, 0.4) is 0 Å². The van der Waals surface area contributed by atoms with Gasteiger partial charge in [0, 0.05) is 10.4 Å². The summed E-state index contributed by atoms with van der Waals surface area (Å²) in [4.78, 5) is 0. The van der Waals surface area contributed by atoms with Crippen LogP contribution in [0.15, 0.2) is 18.2 Å². The molecule has 2 aromatic rings. The maximum Gasteiger partial charge on any atom is 0.0791 e. The minimum absolute atomic E-state index is 0.348. The lowest BCUT2D eigenvalue weighted by molar-refractivity contribution is 1.21. The van der Waals surface area contributed by atoms with Gasteiger partial charge in [0.25, 0.3) is 0 Å². The maximum atomic E-state index is 8.55. The lowest BCUT2D eigenvalue weighted by atomic mass is 10.2. The molecule has 1 aromatic heterocycles. The highest BCUT2D eigenvalue weighted by atomic mass is 35.5. The molecule has 0 radical (unpaired) electrons. The molecule has 0 fully saturated rings. The van der Waals surface area contributed by atoms with E-state index in [4.69, 9.17) is 16.9 Å². The van der Waals surface area contributed by atoms with Gasteiger partial charge in [0.1, 0.15) is 0 Å². The Morgan fingerprint density at radius 2 is 2.38 bits per heavy atom. The molecule has 1 heterocycles. The molecule has 2 nitrogen and oxygen atoms in total. The fraction of sp³-hybridized carbons (Fsp3) is 0.111. The molecule has 0 saturated heterocycles. The number of aromatic nitrogens is 1. The summed E-state index contributed by atoms with van der Waals surface area (Å²) in [5, 5.41) is 10.2. The summed E-state index contributed by atoms with van der Waals surface area (Å²) in [6, 6.07) is 7.70. The first-order valence-electron chi connectivity index (χ1n) is 3.72. The van der Waals surface area contributed by atoms with E-state index in [9.17, 15) is 0 Å². The van der Waals surface area contributed by atoms with Crippen molar-refractivity contribution >= 4 is 33.2 Å². The highest BCUT2D eigenvalue weighted by Gasteiger charge is 2.05. The summed E-state index contributed by atoms with van der Waals surface area (Å²) in [6.07, 6.45) is 0.348. The van der Waals surface area contributed by atoms with Gasteiger partial charge in [0.05, 0.1) is 22.9 Å². The van der Waals surface area contributed by atoms with Crippen LogP contribution in [0.5, 0.6) is 0 Å². The third kappa shape index (κ3) is 1.51. The Kier molecular flexibility index (Phi) is 2.17. The SMILES string of the molecule is N#CCc1nsc2ccc(Cl)cc12. The minimum atomic E-state index is 0.348. The number of benzene rings is 1. The number of nitriles is 1. The Labute approximate surface area is 84.5 Å². The summed E-state index contributed by atoms with van der Waals surface area (Å²) in [5.41, 5.74) is 0.824. The van der Waals surface area contributed by atoms with E-state index >= 15 is 0 Å². The smallest absolute Gasteiger partial charge is 0.0791 e. The highest BCUT2D eigenvalue weighted by Crippen LogP contribution is 2.25. The zero-order valence-corrected chi connectivity index (χ0v) is 8.19. The van der Waals surface area contributed by atoms with Crippen molar-refractivity contribution in [2.45, 2.75) is 6.42 Å². The zero-order chi connectivity index (χ0) is 9.26. The molecule has 4 heteroatoms. The average molecular weight is 209 g/mol. The van der Waals surface area contributed by atoms with Gasteiger partial charge in [-0.15, -0.1) is 0 Å². The lowest BCUT2D eigenvalue weighted by Crippen LogP contribution is -1.80. The van der Waals surface area contributed by atoms with Gasteiger partial charge >= 0.3 is 0 Å². The first-order valence-corrected chi connectivity index (χ1v) is 4.87. The van der Waals surface area contributed by atoms with Crippen molar-refractivity contribution in [1.82, 2.24) is 4.37 Å². The van der Waals surface area contributed by atoms with Gasteiger partial charge in [0.15, 0.2) is 0 Å². The summed E-state index contributed by atoms with van der Waals surface area (Å²) in [6.45, 7) is 0. The molecule has 0 aliphatic rings. The number of hydrogen-bond acceptors (Lipinski definition) is 3. The largest absolute Gasteiger partial charge is 0.198 e. The first-order chi connectivity index (χ1) is 6.31. The Balaban J connectivity index is 2.66. The van der Waals surface area contributed by atoms with E-state index in [1.165, 1.54) is 11.5 Å². The number of halogens is 1. The monoisotopic (exact) mass is 208 g/mol. The highest BCUT2D eigenvalue weighted by molar-refractivity contribution is 7.13. The van der Waals surface area contributed by atoms with Crippen LogP contribution >= 0.6 is 23.1 Å². The van der Waals surface area contributed by atoms with Crippen molar-refractivity contribution < 1.29 is 0 Å². The second-order valence-electron chi connectivity index (χ2n) is 2.60. The molecule has 0 saturated carbocycles. The molecular weight excluding hydrogens is 204 g/mol. The van der Waals surface area contributed by atoms with Crippen molar-refractivity contribution in [3.8, 4) is 6.07 Å². The van der Waals surface area contributed by atoms with Crippen molar-refractivity contribution in [3.63, 3.8) is 0 Å².